The van der Waals surface area contributed by atoms with Crippen LogP contribution in [0.15, 0.2) is 30.5 Å². The second-order valence-corrected chi connectivity index (χ2v) is 7.12. The maximum Gasteiger partial charge on any atom is 0.254 e. The summed E-state index contributed by atoms with van der Waals surface area (Å²) in [5, 5.41) is 2.81. The van der Waals surface area contributed by atoms with Gasteiger partial charge in [-0.1, -0.05) is 12.1 Å². The number of piperidine rings is 1. The van der Waals surface area contributed by atoms with E-state index in [1.165, 1.54) is 19.2 Å². The average molecular weight is 400 g/mol. The molecule has 1 aromatic carbocycles. The van der Waals surface area contributed by atoms with E-state index in [-0.39, 0.29) is 30.2 Å². The second kappa shape index (κ2) is 9.56. The van der Waals surface area contributed by atoms with Gasteiger partial charge in [-0.3, -0.25) is 9.59 Å². The second-order valence-electron chi connectivity index (χ2n) is 7.12. The van der Waals surface area contributed by atoms with Gasteiger partial charge in [0.1, 0.15) is 18.2 Å². The Labute approximate surface area is 169 Å². The number of nitrogens with one attached hydrogen (secondary N) is 1. The van der Waals surface area contributed by atoms with E-state index < -0.39 is 0 Å². The van der Waals surface area contributed by atoms with Gasteiger partial charge in [0.25, 0.3) is 5.91 Å². The molecule has 2 amide bonds. The van der Waals surface area contributed by atoms with Crippen molar-refractivity contribution in [2.24, 2.45) is 0 Å². The topological polar surface area (TPSA) is 84.4 Å². The number of rotatable bonds is 6. The number of aromatic nitrogens is 2. The highest BCUT2D eigenvalue weighted by molar-refractivity contribution is 5.94. The van der Waals surface area contributed by atoms with E-state index in [0.717, 1.165) is 18.4 Å². The largest absolute Gasteiger partial charge is 0.375 e. The molecule has 1 fully saturated rings. The van der Waals surface area contributed by atoms with Crippen LogP contribution in [0.3, 0.4) is 0 Å². The molecule has 8 heteroatoms. The molecule has 0 radical (unpaired) electrons. The van der Waals surface area contributed by atoms with Crippen LogP contribution in [0, 0.1) is 12.7 Å². The van der Waals surface area contributed by atoms with Gasteiger partial charge in [0.15, 0.2) is 0 Å². The van der Waals surface area contributed by atoms with Crippen LogP contribution >= 0.6 is 0 Å². The van der Waals surface area contributed by atoms with Crippen molar-refractivity contribution < 1.29 is 18.7 Å². The molecule has 7 nitrogen and oxygen atoms in total. The monoisotopic (exact) mass is 400 g/mol. The lowest BCUT2D eigenvalue weighted by Gasteiger charge is -2.31. The zero-order valence-electron chi connectivity index (χ0n) is 16.7. The number of carbonyl (C=O) groups is 2. The van der Waals surface area contributed by atoms with E-state index in [1.54, 1.807) is 30.2 Å². The zero-order chi connectivity index (χ0) is 20.8. The predicted molar refractivity (Wildman–Crippen MR) is 105 cm³/mol. The fourth-order valence-electron chi connectivity index (χ4n) is 3.39. The Hall–Kier alpha value is -2.87. The van der Waals surface area contributed by atoms with Gasteiger partial charge in [0.05, 0.1) is 11.3 Å². The van der Waals surface area contributed by atoms with Crippen LogP contribution in [0.25, 0.3) is 0 Å². The Morgan fingerprint density at radius 1 is 1.24 bits per heavy atom. The van der Waals surface area contributed by atoms with Gasteiger partial charge in [-0.15, -0.1) is 0 Å². The minimum absolute atomic E-state index is 0.00350. The molecule has 0 spiro atoms. The fourth-order valence-corrected chi connectivity index (χ4v) is 3.39. The average Bonchev–Trinajstić information content (AvgIpc) is 2.73. The molecule has 3 rings (SSSR count). The number of aryl methyl sites for hydroxylation is 1. The summed E-state index contributed by atoms with van der Waals surface area (Å²) in [6, 6.07) is 5.98. The Bertz CT molecular complexity index is 865. The van der Waals surface area contributed by atoms with Gasteiger partial charge in [-0.25, -0.2) is 14.4 Å². The van der Waals surface area contributed by atoms with E-state index >= 15 is 0 Å². The summed E-state index contributed by atoms with van der Waals surface area (Å²) in [5.41, 5.74) is 1.85. The van der Waals surface area contributed by atoms with E-state index in [2.05, 4.69) is 15.3 Å². The number of amides is 2. The summed E-state index contributed by atoms with van der Waals surface area (Å²) in [6.07, 6.45) is 3.12. The Balaban J connectivity index is 1.58. The maximum atomic E-state index is 13.0. The van der Waals surface area contributed by atoms with Crippen LogP contribution in [0.4, 0.5) is 4.39 Å². The molecular formula is C21H25FN4O3. The van der Waals surface area contributed by atoms with Crippen molar-refractivity contribution in [2.75, 3.05) is 26.8 Å². The first-order valence-electron chi connectivity index (χ1n) is 9.61. The van der Waals surface area contributed by atoms with Crippen molar-refractivity contribution in [3.8, 4) is 0 Å². The first-order chi connectivity index (χ1) is 14.0. The van der Waals surface area contributed by atoms with Crippen molar-refractivity contribution in [3.63, 3.8) is 0 Å². The minimum Gasteiger partial charge on any atom is -0.375 e. The van der Waals surface area contributed by atoms with Gasteiger partial charge in [-0.2, -0.15) is 0 Å². The van der Waals surface area contributed by atoms with Crippen LogP contribution in [0.2, 0.25) is 0 Å². The predicted octanol–water partition coefficient (Wildman–Crippen LogP) is 2.21. The molecule has 2 aromatic rings. The lowest BCUT2D eigenvalue weighted by atomic mass is 9.95. The molecule has 29 heavy (non-hydrogen) atoms. The van der Waals surface area contributed by atoms with Crippen molar-refractivity contribution >= 4 is 11.8 Å². The molecule has 1 saturated heterocycles. The summed E-state index contributed by atoms with van der Waals surface area (Å²) < 4.78 is 17.9. The summed E-state index contributed by atoms with van der Waals surface area (Å²) in [6.45, 7) is 3.48. The van der Waals surface area contributed by atoms with Crippen molar-refractivity contribution in [2.45, 2.75) is 32.2 Å². The number of ether oxygens (including phenoxy) is 1. The van der Waals surface area contributed by atoms with Gasteiger partial charge in [-0.05, 0) is 37.5 Å². The minimum atomic E-state index is -0.311. The first kappa shape index (κ1) is 20.9. The highest BCUT2D eigenvalue weighted by atomic mass is 19.1. The fraction of sp³-hybridized carbons (Fsp3) is 0.429. The number of halogens is 1. The number of methoxy groups -OCH3 is 1. The van der Waals surface area contributed by atoms with E-state index in [4.69, 9.17) is 4.74 Å². The van der Waals surface area contributed by atoms with Crippen molar-refractivity contribution in [3.05, 3.63) is 58.9 Å². The SMILES string of the molecule is COCC(=O)N1CCC(c2ncc(C(=O)NCc3ccc(F)cc3)c(C)n2)CC1. The molecule has 1 aliphatic heterocycles. The highest BCUT2D eigenvalue weighted by Gasteiger charge is 2.26. The number of carbonyl (C=O) groups excluding carboxylic acids is 2. The Morgan fingerprint density at radius 2 is 1.93 bits per heavy atom. The summed E-state index contributed by atoms with van der Waals surface area (Å²) in [4.78, 5) is 35.1. The summed E-state index contributed by atoms with van der Waals surface area (Å²) >= 11 is 0. The summed E-state index contributed by atoms with van der Waals surface area (Å²) in [7, 11) is 1.51. The van der Waals surface area contributed by atoms with Crippen LogP contribution in [-0.2, 0) is 16.1 Å². The molecule has 1 aliphatic rings. The number of hydrogen-bond acceptors (Lipinski definition) is 5. The first-order valence-corrected chi connectivity index (χ1v) is 9.61. The lowest BCUT2D eigenvalue weighted by molar-refractivity contribution is -0.136. The number of nitrogens with zero attached hydrogens (tertiary/aromatic N) is 3. The quantitative estimate of drug-likeness (QED) is 0.804. The molecule has 0 saturated carbocycles. The third-order valence-electron chi connectivity index (χ3n) is 5.09. The molecule has 154 valence electrons. The Morgan fingerprint density at radius 3 is 2.55 bits per heavy atom. The van der Waals surface area contributed by atoms with Crippen molar-refractivity contribution in [1.82, 2.24) is 20.2 Å². The Kier molecular flexibility index (Phi) is 6.87. The van der Waals surface area contributed by atoms with Crippen molar-refractivity contribution in [1.29, 1.82) is 0 Å². The third-order valence-corrected chi connectivity index (χ3v) is 5.09. The van der Waals surface area contributed by atoms with Gasteiger partial charge in [0.2, 0.25) is 5.91 Å². The standard InChI is InChI=1S/C21H25FN4O3/c1-14-18(21(28)24-11-15-3-5-17(22)6-4-15)12-23-20(25-14)16-7-9-26(10-8-16)19(27)13-29-2/h3-6,12,16H,7-11,13H2,1-2H3,(H,24,28). The molecule has 0 unspecified atom stereocenters. The third kappa shape index (κ3) is 5.35. The van der Waals surface area contributed by atoms with Crippen LogP contribution < -0.4 is 5.32 Å². The van der Waals surface area contributed by atoms with E-state index in [1.807, 2.05) is 0 Å². The van der Waals surface area contributed by atoms with Gasteiger partial charge in [0, 0.05) is 38.9 Å². The van der Waals surface area contributed by atoms with Crippen LogP contribution in [0.5, 0.6) is 0 Å². The molecule has 1 aromatic heterocycles. The molecule has 0 bridgehead atoms. The van der Waals surface area contributed by atoms with Gasteiger partial charge < -0.3 is 15.0 Å². The van der Waals surface area contributed by atoms with E-state index in [9.17, 15) is 14.0 Å². The van der Waals surface area contributed by atoms with Crippen LogP contribution in [-0.4, -0.2) is 53.5 Å². The van der Waals surface area contributed by atoms with Crippen LogP contribution in [0.1, 0.15) is 46.2 Å². The molecule has 0 atom stereocenters. The number of hydrogen-bond donors (Lipinski definition) is 1. The highest BCUT2D eigenvalue weighted by Crippen LogP contribution is 2.26. The number of benzene rings is 1. The van der Waals surface area contributed by atoms with Gasteiger partial charge >= 0.3 is 0 Å². The molecule has 2 heterocycles. The maximum absolute atomic E-state index is 13.0. The lowest BCUT2D eigenvalue weighted by Crippen LogP contribution is -2.40. The molecular weight excluding hydrogens is 375 g/mol. The summed E-state index contributed by atoms with van der Waals surface area (Å²) in [5.74, 6) is 0.288. The normalized spacial score (nSPS) is 14.7. The van der Waals surface area contributed by atoms with E-state index in [0.29, 0.717) is 36.7 Å². The molecule has 1 N–H and O–H groups in total. The zero-order valence-corrected chi connectivity index (χ0v) is 16.7. The smallest absolute Gasteiger partial charge is 0.254 e. The molecule has 0 aliphatic carbocycles. The number of likely N-dealkylation sites (tertiary alicyclic amines) is 1.